The molecule has 1 aromatic carbocycles. The van der Waals surface area contributed by atoms with Crippen molar-refractivity contribution < 1.29 is 13.9 Å². The molecule has 3 heteroatoms. The Morgan fingerprint density at radius 1 is 1.53 bits per heavy atom. The molecule has 0 spiro atoms. The molecule has 0 N–H and O–H groups in total. The minimum Gasteiger partial charge on any atom is -0.370 e. The molecule has 1 atom stereocenters. The molecular formula is C14H17FO2. The van der Waals surface area contributed by atoms with Gasteiger partial charge in [-0.15, -0.1) is 0 Å². The second kappa shape index (κ2) is 4.96. The van der Waals surface area contributed by atoms with Crippen LogP contribution in [-0.2, 0) is 4.74 Å². The van der Waals surface area contributed by atoms with E-state index in [1.165, 1.54) is 12.1 Å². The van der Waals surface area contributed by atoms with Gasteiger partial charge in [-0.25, -0.2) is 4.39 Å². The van der Waals surface area contributed by atoms with E-state index in [1.807, 2.05) is 6.92 Å². The number of hydrogen-bond donors (Lipinski definition) is 0. The molecule has 0 saturated heterocycles. The van der Waals surface area contributed by atoms with E-state index in [0.29, 0.717) is 23.7 Å². The van der Waals surface area contributed by atoms with Crippen molar-refractivity contribution in [2.75, 3.05) is 6.61 Å². The molecule has 0 aromatic heterocycles. The average Bonchev–Trinajstić information content (AvgIpc) is 3.09. The van der Waals surface area contributed by atoms with Crippen LogP contribution in [0.4, 0.5) is 4.39 Å². The highest BCUT2D eigenvalue weighted by molar-refractivity contribution is 6.01. The number of rotatable bonds is 5. The SMILES string of the molecule is CCOC(C(=O)c1ccc(F)cc1C)C1CC1. The Hall–Kier alpha value is -1.22. The number of benzene rings is 1. The summed E-state index contributed by atoms with van der Waals surface area (Å²) in [6.07, 6.45) is 1.76. The second-order valence-corrected chi connectivity index (χ2v) is 4.54. The van der Waals surface area contributed by atoms with Crippen molar-refractivity contribution in [3.63, 3.8) is 0 Å². The summed E-state index contributed by atoms with van der Waals surface area (Å²) in [6.45, 7) is 4.18. The first kappa shape index (κ1) is 12.2. The summed E-state index contributed by atoms with van der Waals surface area (Å²) in [5.41, 5.74) is 1.26. The molecule has 92 valence electrons. The van der Waals surface area contributed by atoms with Crippen LogP contribution in [-0.4, -0.2) is 18.5 Å². The molecule has 0 amide bonds. The predicted octanol–water partition coefficient (Wildman–Crippen LogP) is 3.13. The number of ether oxygens (including phenoxy) is 1. The van der Waals surface area contributed by atoms with Crippen LogP contribution < -0.4 is 0 Å². The Labute approximate surface area is 101 Å². The Bertz CT molecular complexity index is 424. The fourth-order valence-electron chi connectivity index (χ4n) is 2.06. The van der Waals surface area contributed by atoms with Crippen molar-refractivity contribution in [3.8, 4) is 0 Å². The summed E-state index contributed by atoms with van der Waals surface area (Å²) in [6, 6.07) is 4.28. The van der Waals surface area contributed by atoms with Crippen LogP contribution in [0.15, 0.2) is 18.2 Å². The summed E-state index contributed by atoms with van der Waals surface area (Å²) in [7, 11) is 0. The van der Waals surface area contributed by atoms with Crippen molar-refractivity contribution in [1.29, 1.82) is 0 Å². The van der Waals surface area contributed by atoms with Gasteiger partial charge in [0.2, 0.25) is 0 Å². The molecule has 0 heterocycles. The van der Waals surface area contributed by atoms with Crippen LogP contribution in [0.3, 0.4) is 0 Å². The van der Waals surface area contributed by atoms with Crippen LogP contribution in [0.1, 0.15) is 35.7 Å². The molecule has 1 aliphatic rings. The summed E-state index contributed by atoms with van der Waals surface area (Å²) in [5.74, 6) is 0.0391. The van der Waals surface area contributed by atoms with Crippen molar-refractivity contribution in [3.05, 3.63) is 35.1 Å². The second-order valence-electron chi connectivity index (χ2n) is 4.54. The van der Waals surface area contributed by atoms with Crippen molar-refractivity contribution >= 4 is 5.78 Å². The van der Waals surface area contributed by atoms with E-state index in [0.717, 1.165) is 12.8 Å². The zero-order valence-electron chi connectivity index (χ0n) is 10.2. The van der Waals surface area contributed by atoms with Crippen LogP contribution in [0, 0.1) is 18.7 Å². The van der Waals surface area contributed by atoms with Gasteiger partial charge in [-0.1, -0.05) is 0 Å². The van der Waals surface area contributed by atoms with Crippen molar-refractivity contribution in [1.82, 2.24) is 0 Å². The molecule has 0 radical (unpaired) electrons. The smallest absolute Gasteiger partial charge is 0.192 e. The van der Waals surface area contributed by atoms with Gasteiger partial charge < -0.3 is 4.74 Å². The number of carbonyl (C=O) groups excluding carboxylic acids is 1. The Morgan fingerprint density at radius 2 is 2.24 bits per heavy atom. The van der Waals surface area contributed by atoms with Gasteiger partial charge in [-0.2, -0.15) is 0 Å². The molecule has 0 aliphatic heterocycles. The molecule has 1 unspecified atom stereocenters. The summed E-state index contributed by atoms with van der Waals surface area (Å²) in [5, 5.41) is 0. The summed E-state index contributed by atoms with van der Waals surface area (Å²) in [4.78, 5) is 12.3. The van der Waals surface area contributed by atoms with Gasteiger partial charge in [0.25, 0.3) is 0 Å². The van der Waals surface area contributed by atoms with E-state index in [-0.39, 0.29) is 17.7 Å². The number of aryl methyl sites for hydroxylation is 1. The monoisotopic (exact) mass is 236 g/mol. The molecule has 2 rings (SSSR count). The standard InChI is InChI=1S/C14H17FO2/c1-3-17-14(10-4-5-10)13(16)12-7-6-11(15)8-9(12)2/h6-8,10,14H,3-5H2,1-2H3. The molecular weight excluding hydrogens is 219 g/mol. The first-order valence-corrected chi connectivity index (χ1v) is 6.05. The molecule has 1 aliphatic carbocycles. The van der Waals surface area contributed by atoms with Gasteiger partial charge >= 0.3 is 0 Å². The van der Waals surface area contributed by atoms with Crippen LogP contribution in [0.25, 0.3) is 0 Å². The van der Waals surface area contributed by atoms with Crippen LogP contribution in [0.5, 0.6) is 0 Å². The third-order valence-electron chi connectivity index (χ3n) is 3.11. The van der Waals surface area contributed by atoms with E-state index >= 15 is 0 Å². The van der Waals surface area contributed by atoms with Gasteiger partial charge in [0.1, 0.15) is 11.9 Å². The normalized spacial score (nSPS) is 16.9. The number of carbonyl (C=O) groups is 1. The lowest BCUT2D eigenvalue weighted by Gasteiger charge is -2.16. The lowest BCUT2D eigenvalue weighted by molar-refractivity contribution is 0.0374. The zero-order chi connectivity index (χ0) is 12.4. The van der Waals surface area contributed by atoms with Gasteiger partial charge in [0.15, 0.2) is 5.78 Å². The lowest BCUT2D eigenvalue weighted by Crippen LogP contribution is -2.27. The molecule has 17 heavy (non-hydrogen) atoms. The minimum absolute atomic E-state index is 0.00755. The number of halogens is 1. The highest BCUT2D eigenvalue weighted by Crippen LogP contribution is 2.36. The van der Waals surface area contributed by atoms with Gasteiger partial charge in [0.05, 0.1) is 0 Å². The van der Waals surface area contributed by atoms with E-state index in [9.17, 15) is 9.18 Å². The Morgan fingerprint density at radius 3 is 2.76 bits per heavy atom. The highest BCUT2D eigenvalue weighted by atomic mass is 19.1. The topological polar surface area (TPSA) is 26.3 Å². The van der Waals surface area contributed by atoms with E-state index in [2.05, 4.69) is 0 Å². The average molecular weight is 236 g/mol. The molecule has 0 bridgehead atoms. The molecule has 1 fully saturated rings. The summed E-state index contributed by atoms with van der Waals surface area (Å²) >= 11 is 0. The largest absolute Gasteiger partial charge is 0.370 e. The highest BCUT2D eigenvalue weighted by Gasteiger charge is 2.37. The summed E-state index contributed by atoms with van der Waals surface area (Å²) < 4.78 is 18.5. The Kier molecular flexibility index (Phi) is 3.57. The van der Waals surface area contributed by atoms with E-state index in [1.54, 1.807) is 13.0 Å². The van der Waals surface area contributed by atoms with E-state index < -0.39 is 0 Å². The Balaban J connectivity index is 2.22. The quantitative estimate of drug-likeness (QED) is 0.734. The maximum atomic E-state index is 13.0. The fraction of sp³-hybridized carbons (Fsp3) is 0.500. The van der Waals surface area contributed by atoms with Crippen molar-refractivity contribution in [2.45, 2.75) is 32.8 Å². The molecule has 1 aromatic rings. The van der Waals surface area contributed by atoms with E-state index in [4.69, 9.17) is 4.74 Å². The third kappa shape index (κ3) is 2.72. The predicted molar refractivity (Wildman–Crippen MR) is 63.6 cm³/mol. The lowest BCUT2D eigenvalue weighted by atomic mass is 9.98. The van der Waals surface area contributed by atoms with Gasteiger partial charge in [-0.3, -0.25) is 4.79 Å². The number of Topliss-reactive ketones (excluding diaryl/α,β-unsaturated/α-hetero) is 1. The first-order chi connectivity index (χ1) is 8.13. The van der Waals surface area contributed by atoms with Gasteiger partial charge in [-0.05, 0) is 56.4 Å². The molecule has 2 nitrogen and oxygen atoms in total. The van der Waals surface area contributed by atoms with Crippen LogP contribution >= 0.6 is 0 Å². The maximum Gasteiger partial charge on any atom is 0.192 e. The number of ketones is 1. The van der Waals surface area contributed by atoms with Crippen molar-refractivity contribution in [2.24, 2.45) is 5.92 Å². The molecule has 1 saturated carbocycles. The zero-order valence-corrected chi connectivity index (χ0v) is 10.2. The maximum absolute atomic E-state index is 13.0. The van der Waals surface area contributed by atoms with Crippen LogP contribution in [0.2, 0.25) is 0 Å². The minimum atomic E-state index is -0.343. The fourth-order valence-corrected chi connectivity index (χ4v) is 2.06. The van der Waals surface area contributed by atoms with Gasteiger partial charge in [0, 0.05) is 12.2 Å². The first-order valence-electron chi connectivity index (χ1n) is 6.05. The number of hydrogen-bond acceptors (Lipinski definition) is 2. The third-order valence-corrected chi connectivity index (χ3v) is 3.11.